The molecular formula is C17H17ClN2O4. The van der Waals surface area contributed by atoms with Crippen LogP contribution in [0, 0.1) is 0 Å². The largest absolute Gasteiger partial charge is 0.480 e. The quantitative estimate of drug-likeness (QED) is 0.837. The van der Waals surface area contributed by atoms with Crippen molar-refractivity contribution < 1.29 is 19.1 Å². The monoisotopic (exact) mass is 348 g/mol. The Labute approximate surface area is 143 Å². The van der Waals surface area contributed by atoms with Crippen LogP contribution < -0.4 is 5.32 Å². The summed E-state index contributed by atoms with van der Waals surface area (Å²) in [5.41, 5.74) is -0.349. The molecule has 1 aromatic carbocycles. The predicted molar refractivity (Wildman–Crippen MR) is 87.6 cm³/mol. The smallest absolute Gasteiger partial charge is 0.329 e. The number of nitrogens with one attached hydrogen (secondary N) is 1. The van der Waals surface area contributed by atoms with Gasteiger partial charge >= 0.3 is 5.97 Å². The highest BCUT2D eigenvalue weighted by Crippen LogP contribution is 2.32. The summed E-state index contributed by atoms with van der Waals surface area (Å²) in [6, 6.07) is 7.26. The summed E-state index contributed by atoms with van der Waals surface area (Å²) >= 11 is 6.11. The Balaban J connectivity index is 1.59. The molecule has 2 aromatic rings. The molecule has 1 amide bonds. The van der Waals surface area contributed by atoms with Gasteiger partial charge in [0.2, 0.25) is 5.91 Å². The average molecular weight is 349 g/mol. The van der Waals surface area contributed by atoms with Crippen LogP contribution in [0.25, 0.3) is 11.3 Å². The van der Waals surface area contributed by atoms with Crippen LogP contribution in [0.4, 0.5) is 0 Å². The third kappa shape index (κ3) is 3.28. The maximum Gasteiger partial charge on any atom is 0.329 e. The zero-order valence-corrected chi connectivity index (χ0v) is 13.7. The number of nitrogens with zero attached hydrogens (tertiary/aromatic N) is 1. The Morgan fingerprint density at radius 1 is 1.33 bits per heavy atom. The van der Waals surface area contributed by atoms with Gasteiger partial charge in [0.05, 0.1) is 11.2 Å². The number of carboxylic acid groups (broad SMARTS) is 1. The lowest BCUT2D eigenvalue weighted by Gasteiger charge is -2.38. The second-order valence-electron chi connectivity index (χ2n) is 5.89. The van der Waals surface area contributed by atoms with E-state index in [9.17, 15) is 14.7 Å². The number of benzene rings is 1. The number of carboxylic acids is 1. The summed E-state index contributed by atoms with van der Waals surface area (Å²) in [5.74, 6) is -0.330. The molecule has 3 rings (SSSR count). The fourth-order valence-electron chi connectivity index (χ4n) is 2.68. The van der Waals surface area contributed by atoms with E-state index in [0.29, 0.717) is 35.9 Å². The average Bonchev–Trinajstić information content (AvgIpc) is 2.97. The van der Waals surface area contributed by atoms with Crippen molar-refractivity contribution in [1.29, 1.82) is 0 Å². The number of halogens is 1. The SMILES string of the molecule is O=C(CCc1ncc(-c2ccccc2Cl)o1)NC1(C(=O)O)CCC1. The normalized spacial score (nSPS) is 15.5. The van der Waals surface area contributed by atoms with E-state index in [1.807, 2.05) is 18.2 Å². The number of hydrogen-bond acceptors (Lipinski definition) is 4. The first-order valence-electron chi connectivity index (χ1n) is 7.74. The van der Waals surface area contributed by atoms with Crippen LogP contribution in [0.15, 0.2) is 34.9 Å². The van der Waals surface area contributed by atoms with E-state index >= 15 is 0 Å². The molecule has 1 aromatic heterocycles. The number of aliphatic carboxylic acids is 1. The minimum atomic E-state index is -1.09. The Bertz CT molecular complexity index is 767. The van der Waals surface area contributed by atoms with Crippen molar-refractivity contribution in [3.63, 3.8) is 0 Å². The van der Waals surface area contributed by atoms with Gasteiger partial charge in [0.15, 0.2) is 11.7 Å². The molecule has 1 fully saturated rings. The molecule has 24 heavy (non-hydrogen) atoms. The van der Waals surface area contributed by atoms with Crippen molar-refractivity contribution in [2.24, 2.45) is 0 Å². The van der Waals surface area contributed by atoms with E-state index in [1.54, 1.807) is 12.3 Å². The Morgan fingerprint density at radius 2 is 2.08 bits per heavy atom. The molecule has 0 radical (unpaired) electrons. The maximum absolute atomic E-state index is 12.0. The zero-order chi connectivity index (χ0) is 17.2. The first-order valence-corrected chi connectivity index (χ1v) is 8.12. The third-order valence-electron chi connectivity index (χ3n) is 4.25. The molecule has 1 aliphatic rings. The van der Waals surface area contributed by atoms with Crippen LogP contribution in [0.1, 0.15) is 31.6 Å². The molecule has 0 bridgehead atoms. The number of carbonyl (C=O) groups is 2. The van der Waals surface area contributed by atoms with Gasteiger partial charge in [-0.3, -0.25) is 4.79 Å². The first kappa shape index (κ1) is 16.5. The van der Waals surface area contributed by atoms with Crippen LogP contribution >= 0.6 is 11.6 Å². The predicted octanol–water partition coefficient (Wildman–Crippen LogP) is 3.05. The van der Waals surface area contributed by atoms with E-state index in [1.165, 1.54) is 0 Å². The molecule has 1 heterocycles. The number of rotatable bonds is 6. The lowest BCUT2D eigenvalue weighted by atomic mass is 9.76. The van der Waals surface area contributed by atoms with Gasteiger partial charge in [-0.25, -0.2) is 9.78 Å². The molecule has 6 nitrogen and oxygen atoms in total. The molecule has 7 heteroatoms. The molecule has 126 valence electrons. The molecule has 0 atom stereocenters. The highest BCUT2D eigenvalue weighted by Gasteiger charge is 2.45. The van der Waals surface area contributed by atoms with Crippen LogP contribution in [-0.2, 0) is 16.0 Å². The summed E-state index contributed by atoms with van der Waals surface area (Å²) in [5, 5.41) is 12.4. The molecule has 2 N–H and O–H groups in total. The van der Waals surface area contributed by atoms with Crippen molar-refractivity contribution in [3.05, 3.63) is 41.4 Å². The second kappa shape index (κ2) is 6.65. The minimum absolute atomic E-state index is 0.123. The summed E-state index contributed by atoms with van der Waals surface area (Å²) in [4.78, 5) is 27.4. The first-order chi connectivity index (χ1) is 11.5. The number of carbonyl (C=O) groups excluding carboxylic acids is 1. The van der Waals surface area contributed by atoms with Gasteiger partial charge in [-0.1, -0.05) is 23.7 Å². The van der Waals surface area contributed by atoms with Crippen LogP contribution in [0.3, 0.4) is 0 Å². The summed E-state index contributed by atoms with van der Waals surface area (Å²) in [6.45, 7) is 0. The molecule has 1 aliphatic carbocycles. The van der Waals surface area contributed by atoms with Crippen molar-refractivity contribution in [2.75, 3.05) is 0 Å². The maximum atomic E-state index is 12.0. The van der Waals surface area contributed by atoms with Gasteiger partial charge < -0.3 is 14.8 Å². The van der Waals surface area contributed by atoms with E-state index in [-0.39, 0.29) is 12.3 Å². The topological polar surface area (TPSA) is 92.4 Å². The Hall–Kier alpha value is -2.34. The molecule has 0 saturated heterocycles. The van der Waals surface area contributed by atoms with Crippen LogP contribution in [-0.4, -0.2) is 27.5 Å². The van der Waals surface area contributed by atoms with Crippen LogP contribution in [0.2, 0.25) is 5.02 Å². The van der Waals surface area contributed by atoms with Crippen molar-refractivity contribution in [1.82, 2.24) is 10.3 Å². The standard InChI is InChI=1S/C17H17ClN2O4/c18-12-5-2-1-4-11(12)13-10-19-15(24-13)7-6-14(21)20-17(16(22)23)8-3-9-17/h1-2,4-5,10H,3,6-9H2,(H,20,21)(H,22,23). The van der Waals surface area contributed by atoms with E-state index in [4.69, 9.17) is 16.0 Å². The number of hydrogen-bond donors (Lipinski definition) is 2. The number of oxazole rings is 1. The Morgan fingerprint density at radius 3 is 2.71 bits per heavy atom. The molecular weight excluding hydrogens is 332 g/mol. The van der Waals surface area contributed by atoms with Crippen molar-refractivity contribution in [2.45, 2.75) is 37.6 Å². The lowest BCUT2D eigenvalue weighted by molar-refractivity contribution is -0.151. The van der Waals surface area contributed by atoms with Crippen molar-refractivity contribution >= 4 is 23.5 Å². The van der Waals surface area contributed by atoms with Gasteiger partial charge in [0, 0.05) is 18.4 Å². The highest BCUT2D eigenvalue weighted by atomic mass is 35.5. The number of aryl methyl sites for hydroxylation is 1. The van der Waals surface area contributed by atoms with Gasteiger partial charge in [-0.2, -0.15) is 0 Å². The third-order valence-corrected chi connectivity index (χ3v) is 4.58. The molecule has 1 saturated carbocycles. The van der Waals surface area contributed by atoms with Crippen molar-refractivity contribution in [3.8, 4) is 11.3 Å². The fraction of sp³-hybridized carbons (Fsp3) is 0.353. The fourth-order valence-corrected chi connectivity index (χ4v) is 2.91. The van der Waals surface area contributed by atoms with Crippen LogP contribution in [0.5, 0.6) is 0 Å². The number of amides is 1. The molecule has 0 spiro atoms. The van der Waals surface area contributed by atoms with E-state index in [0.717, 1.165) is 12.0 Å². The summed E-state index contributed by atoms with van der Waals surface area (Å²) < 4.78 is 5.63. The van der Waals surface area contributed by atoms with Gasteiger partial charge in [0.1, 0.15) is 5.54 Å². The van der Waals surface area contributed by atoms with E-state index in [2.05, 4.69) is 10.3 Å². The summed E-state index contributed by atoms with van der Waals surface area (Å²) in [6.07, 6.45) is 3.75. The zero-order valence-electron chi connectivity index (χ0n) is 12.9. The van der Waals surface area contributed by atoms with Gasteiger partial charge in [-0.05, 0) is 31.4 Å². The van der Waals surface area contributed by atoms with Gasteiger partial charge in [0.25, 0.3) is 0 Å². The van der Waals surface area contributed by atoms with Gasteiger partial charge in [-0.15, -0.1) is 0 Å². The summed E-state index contributed by atoms with van der Waals surface area (Å²) in [7, 11) is 0. The lowest BCUT2D eigenvalue weighted by Crippen LogP contribution is -2.59. The number of aromatic nitrogens is 1. The highest BCUT2D eigenvalue weighted by molar-refractivity contribution is 6.33. The second-order valence-corrected chi connectivity index (χ2v) is 6.29. The Kier molecular flexibility index (Phi) is 4.57. The molecule has 0 aliphatic heterocycles. The molecule has 0 unspecified atom stereocenters. The minimum Gasteiger partial charge on any atom is -0.480 e. The van der Waals surface area contributed by atoms with E-state index < -0.39 is 11.5 Å².